The zero-order chi connectivity index (χ0) is 19.7. The Morgan fingerprint density at radius 3 is 2.43 bits per heavy atom. The van der Waals surface area contributed by atoms with E-state index < -0.39 is 10.0 Å². The summed E-state index contributed by atoms with van der Waals surface area (Å²) in [7, 11) is -3.88. The number of benzene rings is 2. The predicted molar refractivity (Wildman–Crippen MR) is 105 cm³/mol. The molecule has 0 bridgehead atoms. The smallest absolute Gasteiger partial charge is 0.291 e. The van der Waals surface area contributed by atoms with Gasteiger partial charge in [0.15, 0.2) is 0 Å². The van der Waals surface area contributed by atoms with E-state index in [0.29, 0.717) is 37.3 Å². The summed E-state index contributed by atoms with van der Waals surface area (Å²) in [5.74, 6) is -0.375. The monoisotopic (exact) mass is 400 g/mol. The van der Waals surface area contributed by atoms with Gasteiger partial charge in [-0.15, -0.1) is 0 Å². The number of hydrogen-bond acceptors (Lipinski definition) is 5. The first kappa shape index (κ1) is 18.5. The molecule has 1 aliphatic rings. The third kappa shape index (κ3) is 3.48. The number of rotatable bonds is 4. The van der Waals surface area contributed by atoms with E-state index in [-0.39, 0.29) is 22.3 Å². The number of hydrogen-bond donors (Lipinski definition) is 1. The molecule has 146 valence electrons. The van der Waals surface area contributed by atoms with Crippen LogP contribution in [0.15, 0.2) is 57.8 Å². The zero-order valence-electron chi connectivity index (χ0n) is 15.3. The quantitative estimate of drug-likeness (QED) is 0.727. The molecule has 8 heteroatoms. The van der Waals surface area contributed by atoms with Crippen molar-refractivity contribution in [2.24, 2.45) is 0 Å². The standard InChI is InChI=1S/C20H20N2O5S/c1-14-6-8-15(9-7-14)28(24,25)21-18-16-4-2-3-5-17(16)27-19(18)20(23)22-10-12-26-13-11-22/h2-9,21H,10-13H2,1H3. The van der Waals surface area contributed by atoms with Gasteiger partial charge < -0.3 is 14.1 Å². The van der Waals surface area contributed by atoms with E-state index in [2.05, 4.69) is 4.72 Å². The number of carbonyl (C=O) groups is 1. The van der Waals surface area contributed by atoms with Crippen LogP contribution in [-0.2, 0) is 14.8 Å². The summed E-state index contributed by atoms with van der Waals surface area (Å²) in [4.78, 5) is 14.7. The molecule has 1 amide bonds. The van der Waals surface area contributed by atoms with Crippen LogP contribution in [0.1, 0.15) is 16.1 Å². The third-order valence-corrected chi connectivity index (χ3v) is 6.02. The third-order valence-electron chi connectivity index (χ3n) is 4.66. The van der Waals surface area contributed by atoms with Gasteiger partial charge in [0.2, 0.25) is 5.76 Å². The summed E-state index contributed by atoms with van der Waals surface area (Å²) in [6.07, 6.45) is 0. The normalized spacial score (nSPS) is 15.0. The molecule has 7 nitrogen and oxygen atoms in total. The molecule has 28 heavy (non-hydrogen) atoms. The molecule has 1 aliphatic heterocycles. The molecule has 0 spiro atoms. The molecular weight excluding hydrogens is 380 g/mol. The number of ether oxygens (including phenoxy) is 1. The first-order chi connectivity index (χ1) is 13.5. The van der Waals surface area contributed by atoms with Crippen molar-refractivity contribution in [3.8, 4) is 0 Å². The van der Waals surface area contributed by atoms with Crippen molar-refractivity contribution in [2.75, 3.05) is 31.0 Å². The summed E-state index contributed by atoms with van der Waals surface area (Å²) in [5.41, 5.74) is 1.56. The van der Waals surface area contributed by atoms with Crippen LogP contribution in [0, 0.1) is 6.92 Å². The van der Waals surface area contributed by atoms with Crippen LogP contribution in [-0.4, -0.2) is 45.5 Å². The molecule has 0 aliphatic carbocycles. The highest BCUT2D eigenvalue weighted by molar-refractivity contribution is 7.92. The van der Waals surface area contributed by atoms with Gasteiger partial charge in [0, 0.05) is 18.5 Å². The summed E-state index contributed by atoms with van der Waals surface area (Å²) in [6.45, 7) is 3.62. The summed E-state index contributed by atoms with van der Waals surface area (Å²) >= 11 is 0. The molecular formula is C20H20N2O5S. The maximum atomic E-state index is 13.0. The minimum Gasteiger partial charge on any atom is -0.449 e. The highest BCUT2D eigenvalue weighted by Gasteiger charge is 2.29. The van der Waals surface area contributed by atoms with Crippen LogP contribution in [0.3, 0.4) is 0 Å². The molecule has 0 unspecified atom stereocenters. The predicted octanol–water partition coefficient (Wildman–Crippen LogP) is 3.01. The number of aryl methyl sites for hydroxylation is 1. The fourth-order valence-electron chi connectivity index (χ4n) is 3.12. The molecule has 0 radical (unpaired) electrons. The van der Waals surface area contributed by atoms with Gasteiger partial charge >= 0.3 is 0 Å². The van der Waals surface area contributed by atoms with Crippen molar-refractivity contribution >= 4 is 32.6 Å². The average Bonchev–Trinajstić information content (AvgIpc) is 3.06. The number of morpholine rings is 1. The molecule has 2 heterocycles. The highest BCUT2D eigenvalue weighted by atomic mass is 32.2. The second kappa shape index (κ2) is 7.29. The second-order valence-electron chi connectivity index (χ2n) is 6.63. The van der Waals surface area contributed by atoms with Gasteiger partial charge in [0.05, 0.1) is 18.1 Å². The van der Waals surface area contributed by atoms with E-state index in [1.807, 2.05) is 6.92 Å². The number of nitrogens with zero attached hydrogens (tertiary/aromatic N) is 1. The molecule has 1 saturated heterocycles. The molecule has 0 saturated carbocycles. The van der Waals surface area contributed by atoms with Crippen molar-refractivity contribution in [2.45, 2.75) is 11.8 Å². The number of para-hydroxylation sites is 1. The number of furan rings is 1. The average molecular weight is 400 g/mol. The van der Waals surface area contributed by atoms with Crippen LogP contribution in [0.4, 0.5) is 5.69 Å². The van der Waals surface area contributed by atoms with Crippen molar-refractivity contribution in [1.82, 2.24) is 4.90 Å². The van der Waals surface area contributed by atoms with Crippen LogP contribution in [0.2, 0.25) is 0 Å². The Balaban J connectivity index is 1.76. The van der Waals surface area contributed by atoms with Crippen molar-refractivity contribution in [3.05, 3.63) is 59.9 Å². The van der Waals surface area contributed by atoms with Crippen molar-refractivity contribution < 1.29 is 22.4 Å². The first-order valence-electron chi connectivity index (χ1n) is 8.94. The SMILES string of the molecule is Cc1ccc(S(=O)(=O)Nc2c(C(=O)N3CCOCC3)oc3ccccc23)cc1. The van der Waals surface area contributed by atoms with Gasteiger partial charge in [-0.3, -0.25) is 9.52 Å². The Kier molecular flexibility index (Phi) is 4.82. The minimum absolute atomic E-state index is 0.0150. The highest BCUT2D eigenvalue weighted by Crippen LogP contribution is 2.33. The number of carbonyl (C=O) groups excluding carboxylic acids is 1. The molecule has 0 atom stereocenters. The lowest BCUT2D eigenvalue weighted by atomic mass is 10.2. The molecule has 4 rings (SSSR count). The molecule has 2 aromatic carbocycles. The van der Waals surface area contributed by atoms with Gasteiger partial charge in [-0.2, -0.15) is 0 Å². The van der Waals surface area contributed by atoms with Crippen molar-refractivity contribution in [3.63, 3.8) is 0 Å². The number of anilines is 1. The Labute approximate surface area is 162 Å². The molecule has 1 N–H and O–H groups in total. The Hall–Kier alpha value is -2.84. The van der Waals surface area contributed by atoms with E-state index >= 15 is 0 Å². The lowest BCUT2D eigenvalue weighted by Gasteiger charge is -2.26. The number of nitrogens with one attached hydrogen (secondary N) is 1. The summed E-state index contributed by atoms with van der Waals surface area (Å²) < 4.78 is 39.4. The van der Waals surface area contributed by atoms with Crippen LogP contribution < -0.4 is 4.72 Å². The van der Waals surface area contributed by atoms with Gasteiger partial charge in [0.25, 0.3) is 15.9 Å². The summed E-state index contributed by atoms with van der Waals surface area (Å²) in [6, 6.07) is 13.5. The van der Waals surface area contributed by atoms with Crippen molar-refractivity contribution in [1.29, 1.82) is 0 Å². The molecule has 1 aromatic heterocycles. The fraction of sp³-hybridized carbons (Fsp3) is 0.250. The van der Waals surface area contributed by atoms with E-state index in [1.165, 1.54) is 12.1 Å². The van der Waals surface area contributed by atoms with E-state index in [4.69, 9.17) is 9.15 Å². The first-order valence-corrected chi connectivity index (χ1v) is 10.4. The van der Waals surface area contributed by atoms with Gasteiger partial charge in [0.1, 0.15) is 11.3 Å². The van der Waals surface area contributed by atoms with Crippen LogP contribution in [0.25, 0.3) is 11.0 Å². The van der Waals surface area contributed by atoms with E-state index in [0.717, 1.165) is 5.56 Å². The van der Waals surface area contributed by atoms with Gasteiger partial charge in [-0.05, 0) is 31.2 Å². The lowest BCUT2D eigenvalue weighted by molar-refractivity contribution is 0.0285. The fourth-order valence-corrected chi connectivity index (χ4v) is 4.20. The lowest BCUT2D eigenvalue weighted by Crippen LogP contribution is -2.40. The Morgan fingerprint density at radius 1 is 1.04 bits per heavy atom. The van der Waals surface area contributed by atoms with E-state index in [9.17, 15) is 13.2 Å². The molecule has 1 fully saturated rings. The van der Waals surface area contributed by atoms with E-state index in [1.54, 1.807) is 41.3 Å². The molecule has 3 aromatic rings. The zero-order valence-corrected chi connectivity index (χ0v) is 16.2. The van der Waals surface area contributed by atoms with Gasteiger partial charge in [-0.1, -0.05) is 29.8 Å². The number of sulfonamides is 1. The Bertz CT molecular complexity index is 1110. The second-order valence-corrected chi connectivity index (χ2v) is 8.31. The minimum atomic E-state index is -3.88. The Morgan fingerprint density at radius 2 is 1.71 bits per heavy atom. The topological polar surface area (TPSA) is 88.9 Å². The number of fused-ring (bicyclic) bond motifs is 1. The number of amides is 1. The van der Waals surface area contributed by atoms with Crippen LogP contribution in [0.5, 0.6) is 0 Å². The maximum absolute atomic E-state index is 13.0. The van der Waals surface area contributed by atoms with Crippen LogP contribution >= 0.6 is 0 Å². The summed E-state index contributed by atoms with van der Waals surface area (Å²) in [5, 5.41) is 0.537. The largest absolute Gasteiger partial charge is 0.449 e. The maximum Gasteiger partial charge on any atom is 0.291 e. The van der Waals surface area contributed by atoms with Gasteiger partial charge in [-0.25, -0.2) is 8.42 Å².